The van der Waals surface area contributed by atoms with Crippen molar-refractivity contribution in [1.29, 1.82) is 0 Å². The lowest BCUT2D eigenvalue weighted by Crippen LogP contribution is -2.00. The fourth-order valence-electron chi connectivity index (χ4n) is 1.76. The number of halogens is 1. The molecule has 0 aliphatic carbocycles. The number of ether oxygens (including phenoxy) is 1. The minimum Gasteiger partial charge on any atom is -0.457 e. The van der Waals surface area contributed by atoms with Gasteiger partial charge in [-0.2, -0.15) is 0 Å². The van der Waals surface area contributed by atoms with E-state index >= 15 is 0 Å². The van der Waals surface area contributed by atoms with Gasteiger partial charge < -0.3 is 10.5 Å². The zero-order valence-corrected chi connectivity index (χ0v) is 11.2. The molecular formula is C14H15ClN2O. The highest BCUT2D eigenvalue weighted by Crippen LogP contribution is 2.30. The molecule has 0 bridgehead atoms. The van der Waals surface area contributed by atoms with Gasteiger partial charge >= 0.3 is 0 Å². The number of hydrogen-bond acceptors (Lipinski definition) is 3. The van der Waals surface area contributed by atoms with Crippen molar-refractivity contribution in [1.82, 2.24) is 4.98 Å². The number of benzene rings is 1. The van der Waals surface area contributed by atoms with Crippen LogP contribution in [0.4, 0.5) is 0 Å². The van der Waals surface area contributed by atoms with E-state index in [0.717, 1.165) is 33.2 Å². The van der Waals surface area contributed by atoms with E-state index in [9.17, 15) is 0 Å². The monoisotopic (exact) mass is 262 g/mol. The molecule has 2 rings (SSSR count). The molecule has 0 fully saturated rings. The van der Waals surface area contributed by atoms with Crippen LogP contribution in [0.15, 0.2) is 30.6 Å². The number of nitrogens with two attached hydrogens (primary N) is 1. The molecule has 2 N–H and O–H groups in total. The Balaban J connectivity index is 2.34. The van der Waals surface area contributed by atoms with Crippen LogP contribution in [-0.4, -0.2) is 4.98 Å². The van der Waals surface area contributed by atoms with E-state index in [-0.39, 0.29) is 0 Å². The van der Waals surface area contributed by atoms with Crippen LogP contribution in [0.1, 0.15) is 16.7 Å². The maximum atomic E-state index is 6.13. The van der Waals surface area contributed by atoms with Crippen LogP contribution in [0.25, 0.3) is 0 Å². The average molecular weight is 263 g/mol. The fraction of sp³-hybridized carbons (Fsp3) is 0.214. The Morgan fingerprint density at radius 2 is 1.94 bits per heavy atom. The first kappa shape index (κ1) is 12.9. The molecule has 0 radical (unpaired) electrons. The molecule has 2 aromatic rings. The number of rotatable bonds is 3. The molecular weight excluding hydrogens is 248 g/mol. The molecule has 18 heavy (non-hydrogen) atoms. The predicted octanol–water partition coefficient (Wildman–Crippen LogP) is 3.60. The number of nitrogens with zero attached hydrogens (tertiary/aromatic N) is 1. The summed E-state index contributed by atoms with van der Waals surface area (Å²) < 4.78 is 5.84. The highest BCUT2D eigenvalue weighted by atomic mass is 35.5. The molecule has 1 heterocycles. The summed E-state index contributed by atoms with van der Waals surface area (Å²) in [4.78, 5) is 4.03. The van der Waals surface area contributed by atoms with Gasteiger partial charge in [-0.1, -0.05) is 11.6 Å². The third kappa shape index (κ3) is 2.63. The molecule has 0 saturated carbocycles. The number of aromatic nitrogens is 1. The lowest BCUT2D eigenvalue weighted by Gasteiger charge is -2.11. The second kappa shape index (κ2) is 5.38. The van der Waals surface area contributed by atoms with E-state index in [4.69, 9.17) is 22.1 Å². The molecule has 0 aliphatic heterocycles. The maximum absolute atomic E-state index is 6.13. The van der Waals surface area contributed by atoms with E-state index in [2.05, 4.69) is 4.98 Å². The third-order valence-electron chi connectivity index (χ3n) is 2.72. The van der Waals surface area contributed by atoms with Gasteiger partial charge in [0.05, 0.1) is 0 Å². The highest BCUT2D eigenvalue weighted by Gasteiger charge is 2.07. The third-order valence-corrected chi connectivity index (χ3v) is 3.31. The van der Waals surface area contributed by atoms with Crippen LogP contribution >= 0.6 is 11.6 Å². The van der Waals surface area contributed by atoms with Gasteiger partial charge in [-0.25, -0.2) is 0 Å². The highest BCUT2D eigenvalue weighted by molar-refractivity contribution is 6.32. The van der Waals surface area contributed by atoms with Crippen LogP contribution in [-0.2, 0) is 6.54 Å². The molecule has 3 nitrogen and oxygen atoms in total. The van der Waals surface area contributed by atoms with Gasteiger partial charge in [0.1, 0.15) is 11.5 Å². The summed E-state index contributed by atoms with van der Waals surface area (Å²) in [6.07, 6.45) is 3.40. The largest absolute Gasteiger partial charge is 0.457 e. The Hall–Kier alpha value is -1.58. The van der Waals surface area contributed by atoms with Gasteiger partial charge in [0.25, 0.3) is 0 Å². The second-order valence-electron chi connectivity index (χ2n) is 4.16. The predicted molar refractivity (Wildman–Crippen MR) is 73.1 cm³/mol. The Kier molecular flexibility index (Phi) is 3.84. The van der Waals surface area contributed by atoms with Gasteiger partial charge in [0, 0.05) is 29.5 Å². The van der Waals surface area contributed by atoms with Crippen molar-refractivity contribution in [3.8, 4) is 11.5 Å². The van der Waals surface area contributed by atoms with Crippen molar-refractivity contribution in [2.24, 2.45) is 5.73 Å². The van der Waals surface area contributed by atoms with Crippen molar-refractivity contribution in [2.75, 3.05) is 0 Å². The quantitative estimate of drug-likeness (QED) is 0.919. The SMILES string of the molecule is Cc1cc(Oc2ccncc2CN)cc(C)c1Cl. The first-order valence-electron chi connectivity index (χ1n) is 5.69. The van der Waals surface area contributed by atoms with E-state index in [0.29, 0.717) is 6.54 Å². The molecule has 0 aliphatic rings. The lowest BCUT2D eigenvalue weighted by molar-refractivity contribution is 0.474. The number of aryl methyl sites for hydroxylation is 2. The summed E-state index contributed by atoms with van der Waals surface area (Å²) >= 11 is 6.13. The van der Waals surface area contributed by atoms with E-state index in [1.54, 1.807) is 12.4 Å². The van der Waals surface area contributed by atoms with Gasteiger partial charge in [-0.05, 0) is 43.2 Å². The maximum Gasteiger partial charge on any atom is 0.134 e. The minimum absolute atomic E-state index is 0.398. The van der Waals surface area contributed by atoms with Crippen LogP contribution in [0.3, 0.4) is 0 Å². The summed E-state index contributed by atoms with van der Waals surface area (Å²) in [5.41, 5.74) is 8.52. The van der Waals surface area contributed by atoms with Crippen molar-refractivity contribution in [3.63, 3.8) is 0 Å². The molecule has 94 valence electrons. The number of hydrogen-bond donors (Lipinski definition) is 1. The van der Waals surface area contributed by atoms with E-state index < -0.39 is 0 Å². The molecule has 1 aromatic carbocycles. The van der Waals surface area contributed by atoms with E-state index in [1.165, 1.54) is 0 Å². The summed E-state index contributed by atoms with van der Waals surface area (Å²) in [5, 5.41) is 0.774. The first-order valence-corrected chi connectivity index (χ1v) is 6.07. The van der Waals surface area contributed by atoms with Gasteiger partial charge in [-0.3, -0.25) is 4.98 Å². The first-order chi connectivity index (χ1) is 8.61. The van der Waals surface area contributed by atoms with Gasteiger partial charge in [0.2, 0.25) is 0 Å². The van der Waals surface area contributed by atoms with Crippen molar-refractivity contribution in [3.05, 3.63) is 52.3 Å². The Labute approximate surface area is 112 Å². The van der Waals surface area contributed by atoms with Crippen LogP contribution in [0.5, 0.6) is 11.5 Å². The molecule has 0 atom stereocenters. The molecule has 4 heteroatoms. The second-order valence-corrected chi connectivity index (χ2v) is 4.54. The molecule has 0 amide bonds. The van der Waals surface area contributed by atoms with Crippen molar-refractivity contribution >= 4 is 11.6 Å². The molecule has 0 spiro atoms. The van der Waals surface area contributed by atoms with Gasteiger partial charge in [0.15, 0.2) is 0 Å². The summed E-state index contributed by atoms with van der Waals surface area (Å²) in [5.74, 6) is 1.49. The molecule has 0 unspecified atom stereocenters. The zero-order chi connectivity index (χ0) is 13.1. The lowest BCUT2D eigenvalue weighted by atomic mass is 10.1. The van der Waals surface area contributed by atoms with Crippen molar-refractivity contribution < 1.29 is 4.74 Å². The topological polar surface area (TPSA) is 48.1 Å². The summed E-state index contributed by atoms with van der Waals surface area (Å²) in [6.45, 7) is 4.31. The summed E-state index contributed by atoms with van der Waals surface area (Å²) in [7, 11) is 0. The normalized spacial score (nSPS) is 10.4. The van der Waals surface area contributed by atoms with Crippen LogP contribution in [0, 0.1) is 13.8 Å². The molecule has 1 aromatic heterocycles. The molecule has 0 saturated heterocycles. The van der Waals surface area contributed by atoms with Gasteiger partial charge in [-0.15, -0.1) is 0 Å². The van der Waals surface area contributed by atoms with Crippen LogP contribution < -0.4 is 10.5 Å². The Bertz CT molecular complexity index is 546. The van der Waals surface area contributed by atoms with Crippen LogP contribution in [0.2, 0.25) is 5.02 Å². The Morgan fingerprint density at radius 1 is 1.28 bits per heavy atom. The smallest absolute Gasteiger partial charge is 0.134 e. The fourth-order valence-corrected chi connectivity index (χ4v) is 1.87. The minimum atomic E-state index is 0.398. The zero-order valence-electron chi connectivity index (χ0n) is 10.4. The average Bonchev–Trinajstić information content (AvgIpc) is 2.36. The Morgan fingerprint density at radius 3 is 2.56 bits per heavy atom. The standard InChI is InChI=1S/C14H15ClN2O/c1-9-5-12(6-10(2)14(9)15)18-13-3-4-17-8-11(13)7-16/h3-6,8H,7,16H2,1-2H3. The number of pyridine rings is 1. The van der Waals surface area contributed by atoms with Crippen molar-refractivity contribution in [2.45, 2.75) is 20.4 Å². The summed E-state index contributed by atoms with van der Waals surface area (Å²) in [6, 6.07) is 5.63. The van der Waals surface area contributed by atoms with E-state index in [1.807, 2.05) is 32.0 Å².